The maximum absolute atomic E-state index is 10.1. The van der Waals surface area contributed by atoms with Crippen LogP contribution in [0, 0.1) is 0 Å². The smallest absolute Gasteiger partial charge is 0.201 e. The molecule has 0 amide bonds. The summed E-state index contributed by atoms with van der Waals surface area (Å²) in [5.74, 6) is 0.311. The third-order valence-electron chi connectivity index (χ3n) is 3.17. The zero-order valence-corrected chi connectivity index (χ0v) is 13.9. The minimum atomic E-state index is -0.917. The van der Waals surface area contributed by atoms with Gasteiger partial charge in [0.15, 0.2) is 5.15 Å². The Hall–Kier alpha value is -1.37. The molecule has 3 aromatic rings. The molecule has 0 unspecified atom stereocenters. The van der Waals surface area contributed by atoms with Crippen LogP contribution in [-0.4, -0.2) is 25.2 Å². The Labute approximate surface area is 134 Å². The monoisotopic (exact) mass is 368 g/mol. The summed E-state index contributed by atoms with van der Waals surface area (Å²) in [7, 11) is 0. The van der Waals surface area contributed by atoms with Gasteiger partial charge >= 0.3 is 0 Å². The number of nitrogen functional groups attached to an aromatic ring is 1. The number of aromatic nitrogens is 3. The molecule has 0 atom stereocenters. The van der Waals surface area contributed by atoms with Crippen molar-refractivity contribution in [3.63, 3.8) is 0 Å². The van der Waals surface area contributed by atoms with Gasteiger partial charge < -0.3 is 15.4 Å². The largest absolute Gasteiger partial charge is 0.389 e. The van der Waals surface area contributed by atoms with Crippen molar-refractivity contribution in [3.05, 3.63) is 27.8 Å². The van der Waals surface area contributed by atoms with Crippen LogP contribution in [0.1, 0.15) is 13.8 Å². The first-order chi connectivity index (χ1) is 9.76. The molecule has 0 aliphatic heterocycles. The van der Waals surface area contributed by atoms with Gasteiger partial charge in [0.1, 0.15) is 5.52 Å². The molecule has 0 saturated carbocycles. The summed E-state index contributed by atoms with van der Waals surface area (Å²) in [5.41, 5.74) is 7.17. The fourth-order valence-corrected chi connectivity index (χ4v) is 2.96. The molecule has 21 heavy (non-hydrogen) atoms. The predicted molar refractivity (Wildman–Crippen MR) is 88.5 cm³/mol. The molecule has 3 N–H and O–H groups in total. The van der Waals surface area contributed by atoms with Gasteiger partial charge in [0, 0.05) is 9.86 Å². The lowest BCUT2D eigenvalue weighted by atomic mass is 10.1. The summed E-state index contributed by atoms with van der Waals surface area (Å²) in [5, 5.41) is 11.3. The molecule has 0 aliphatic rings. The van der Waals surface area contributed by atoms with Gasteiger partial charge in [0.05, 0.1) is 23.2 Å². The molecule has 1 aromatic carbocycles. The number of pyridine rings is 1. The average molecular weight is 370 g/mol. The second kappa shape index (κ2) is 4.83. The number of fused-ring (bicyclic) bond motifs is 3. The molecule has 0 radical (unpaired) electrons. The topological polar surface area (TPSA) is 77.0 Å². The van der Waals surface area contributed by atoms with Crippen molar-refractivity contribution in [1.82, 2.24) is 14.5 Å². The minimum Gasteiger partial charge on any atom is -0.389 e. The predicted octanol–water partition coefficient (Wildman–Crippen LogP) is 3.35. The van der Waals surface area contributed by atoms with Gasteiger partial charge in [-0.2, -0.15) is 0 Å². The molecule has 2 heterocycles. The number of hydrogen-bond donors (Lipinski definition) is 2. The van der Waals surface area contributed by atoms with Crippen LogP contribution >= 0.6 is 27.5 Å². The van der Waals surface area contributed by atoms with Crippen LogP contribution in [0.5, 0.6) is 0 Å². The van der Waals surface area contributed by atoms with Crippen LogP contribution in [0.15, 0.2) is 22.7 Å². The highest BCUT2D eigenvalue weighted by molar-refractivity contribution is 9.10. The number of nitrogens with two attached hydrogens (primary N) is 1. The van der Waals surface area contributed by atoms with E-state index in [0.29, 0.717) is 23.2 Å². The summed E-state index contributed by atoms with van der Waals surface area (Å²) >= 11 is 9.65. The Kier molecular flexibility index (Phi) is 3.35. The lowest BCUT2D eigenvalue weighted by Crippen LogP contribution is -2.26. The molecular formula is C14H14BrClN4O. The normalized spacial score (nSPS) is 12.4. The van der Waals surface area contributed by atoms with Crippen molar-refractivity contribution < 1.29 is 5.11 Å². The highest BCUT2D eigenvalue weighted by Gasteiger charge is 2.21. The maximum atomic E-state index is 10.1. The van der Waals surface area contributed by atoms with Crippen LogP contribution in [0.25, 0.3) is 21.9 Å². The molecule has 110 valence electrons. The number of benzene rings is 1. The SMILES string of the molecule is CC(C)(O)Cn1c(N)nc2c(Cl)nc3cc(Br)ccc3c21. The number of rotatable bonds is 2. The van der Waals surface area contributed by atoms with E-state index in [2.05, 4.69) is 25.9 Å². The van der Waals surface area contributed by atoms with Gasteiger partial charge in [0.25, 0.3) is 0 Å². The maximum Gasteiger partial charge on any atom is 0.201 e. The van der Waals surface area contributed by atoms with E-state index in [4.69, 9.17) is 17.3 Å². The fraction of sp³-hybridized carbons (Fsp3) is 0.286. The molecule has 0 bridgehead atoms. The van der Waals surface area contributed by atoms with E-state index >= 15 is 0 Å². The summed E-state index contributed by atoms with van der Waals surface area (Å²) in [6.07, 6.45) is 0. The second-order valence-corrected chi connectivity index (χ2v) is 6.90. The number of halogens is 2. The molecule has 2 aromatic heterocycles. The quantitative estimate of drug-likeness (QED) is 0.679. The van der Waals surface area contributed by atoms with Gasteiger partial charge in [-0.3, -0.25) is 0 Å². The first-order valence-electron chi connectivity index (χ1n) is 6.39. The standard InChI is InChI=1S/C14H14BrClN4O/c1-14(2,21)6-20-11-8-4-3-7(15)5-9(8)18-12(16)10(11)19-13(20)17/h3-5,21H,6H2,1-2H3,(H2,17,19). The third kappa shape index (κ3) is 2.59. The van der Waals surface area contributed by atoms with Crippen molar-refractivity contribution in [2.45, 2.75) is 26.0 Å². The van der Waals surface area contributed by atoms with Crippen molar-refractivity contribution >= 4 is 55.4 Å². The lowest BCUT2D eigenvalue weighted by molar-refractivity contribution is 0.0633. The first kappa shape index (κ1) is 14.6. The summed E-state index contributed by atoms with van der Waals surface area (Å²) in [6, 6.07) is 5.75. The number of aliphatic hydroxyl groups is 1. The van der Waals surface area contributed by atoms with E-state index in [1.165, 1.54) is 0 Å². The van der Waals surface area contributed by atoms with Crippen molar-refractivity contribution in [2.75, 3.05) is 5.73 Å². The van der Waals surface area contributed by atoms with Gasteiger partial charge in [-0.15, -0.1) is 0 Å². The second-order valence-electron chi connectivity index (χ2n) is 5.63. The van der Waals surface area contributed by atoms with Crippen molar-refractivity contribution in [3.8, 4) is 0 Å². The molecule has 0 aliphatic carbocycles. The fourth-order valence-electron chi connectivity index (χ4n) is 2.39. The molecule has 0 spiro atoms. The number of nitrogens with zero attached hydrogens (tertiary/aromatic N) is 3. The van der Waals surface area contributed by atoms with Gasteiger partial charge in [-0.1, -0.05) is 27.5 Å². The van der Waals surface area contributed by atoms with Crippen molar-refractivity contribution in [1.29, 1.82) is 0 Å². The molecule has 7 heteroatoms. The van der Waals surface area contributed by atoms with Gasteiger partial charge in [0.2, 0.25) is 5.95 Å². The highest BCUT2D eigenvalue weighted by Crippen LogP contribution is 2.32. The Morgan fingerprint density at radius 3 is 2.76 bits per heavy atom. The Balaban J connectivity index is 2.42. The molecule has 3 rings (SSSR count). The Bertz CT molecular complexity index is 854. The van der Waals surface area contributed by atoms with Crippen LogP contribution in [0.3, 0.4) is 0 Å². The van der Waals surface area contributed by atoms with Gasteiger partial charge in [-0.05, 0) is 32.0 Å². The van der Waals surface area contributed by atoms with E-state index in [-0.39, 0.29) is 0 Å². The number of hydrogen-bond acceptors (Lipinski definition) is 4. The van der Waals surface area contributed by atoms with E-state index in [1.54, 1.807) is 18.4 Å². The van der Waals surface area contributed by atoms with Crippen LogP contribution < -0.4 is 5.73 Å². The van der Waals surface area contributed by atoms with Crippen LogP contribution in [0.2, 0.25) is 5.15 Å². The Morgan fingerprint density at radius 2 is 2.10 bits per heavy atom. The highest BCUT2D eigenvalue weighted by atomic mass is 79.9. The summed E-state index contributed by atoms with van der Waals surface area (Å²) < 4.78 is 2.69. The Morgan fingerprint density at radius 1 is 1.38 bits per heavy atom. The minimum absolute atomic E-state index is 0.303. The molecule has 5 nitrogen and oxygen atoms in total. The number of imidazole rings is 1. The lowest BCUT2D eigenvalue weighted by Gasteiger charge is -2.19. The van der Waals surface area contributed by atoms with E-state index in [1.807, 2.05) is 18.2 Å². The average Bonchev–Trinajstić information content (AvgIpc) is 2.66. The summed E-state index contributed by atoms with van der Waals surface area (Å²) in [4.78, 5) is 8.65. The first-order valence-corrected chi connectivity index (χ1v) is 7.56. The zero-order chi connectivity index (χ0) is 15.4. The van der Waals surface area contributed by atoms with Crippen molar-refractivity contribution in [2.24, 2.45) is 0 Å². The van der Waals surface area contributed by atoms with E-state index in [0.717, 1.165) is 20.9 Å². The third-order valence-corrected chi connectivity index (χ3v) is 3.93. The van der Waals surface area contributed by atoms with Crippen LogP contribution in [-0.2, 0) is 6.54 Å². The van der Waals surface area contributed by atoms with Crippen LogP contribution in [0.4, 0.5) is 5.95 Å². The van der Waals surface area contributed by atoms with Gasteiger partial charge in [-0.25, -0.2) is 9.97 Å². The molecular weight excluding hydrogens is 356 g/mol. The summed E-state index contributed by atoms with van der Waals surface area (Å²) in [6.45, 7) is 3.76. The van der Waals surface area contributed by atoms with E-state index < -0.39 is 5.60 Å². The van der Waals surface area contributed by atoms with E-state index in [9.17, 15) is 5.11 Å². The molecule has 0 saturated heterocycles. The zero-order valence-electron chi connectivity index (χ0n) is 11.6. The molecule has 0 fully saturated rings. The number of anilines is 1.